The van der Waals surface area contributed by atoms with Crippen molar-refractivity contribution in [3.8, 4) is 5.88 Å². The van der Waals surface area contributed by atoms with Crippen molar-refractivity contribution in [1.82, 2.24) is 10.3 Å². The van der Waals surface area contributed by atoms with Gasteiger partial charge in [-0.3, -0.25) is 0 Å². The molecule has 96 valence electrons. The summed E-state index contributed by atoms with van der Waals surface area (Å²) in [7, 11) is 0. The topological polar surface area (TPSA) is 34.1 Å². The van der Waals surface area contributed by atoms with E-state index in [0.29, 0.717) is 0 Å². The van der Waals surface area contributed by atoms with Crippen LogP contribution in [-0.4, -0.2) is 18.1 Å². The molecule has 0 amide bonds. The summed E-state index contributed by atoms with van der Waals surface area (Å²) in [5.74, 6) is 0.747. The number of pyridine rings is 1. The molecule has 0 aliphatic heterocycles. The molecule has 0 aliphatic carbocycles. The van der Waals surface area contributed by atoms with Gasteiger partial charge in [0.1, 0.15) is 0 Å². The van der Waals surface area contributed by atoms with Gasteiger partial charge in [0.2, 0.25) is 5.88 Å². The summed E-state index contributed by atoms with van der Waals surface area (Å²) < 4.78 is 5.62. The van der Waals surface area contributed by atoms with Crippen molar-refractivity contribution >= 4 is 0 Å². The lowest BCUT2D eigenvalue weighted by Gasteiger charge is -2.07. The Bertz CT molecular complexity index is 302. The third-order valence-corrected chi connectivity index (χ3v) is 2.51. The first kappa shape index (κ1) is 14.0. The maximum absolute atomic E-state index is 5.62. The predicted molar refractivity (Wildman–Crippen MR) is 71.3 cm³/mol. The fraction of sp³-hybridized carbons (Fsp3) is 0.643. The molecule has 17 heavy (non-hydrogen) atoms. The Labute approximate surface area is 105 Å². The molecule has 0 aromatic carbocycles. The van der Waals surface area contributed by atoms with E-state index in [1.54, 1.807) is 0 Å². The SMILES string of the molecule is CCCCCOc1cccc(CNCCC)n1. The summed E-state index contributed by atoms with van der Waals surface area (Å²) in [6.45, 7) is 6.97. The summed E-state index contributed by atoms with van der Waals surface area (Å²) in [4.78, 5) is 4.46. The molecule has 1 heterocycles. The van der Waals surface area contributed by atoms with Crippen molar-refractivity contribution in [1.29, 1.82) is 0 Å². The third kappa shape index (κ3) is 6.27. The van der Waals surface area contributed by atoms with Crippen LogP contribution in [0.2, 0.25) is 0 Å². The Morgan fingerprint density at radius 1 is 1.18 bits per heavy atom. The van der Waals surface area contributed by atoms with E-state index in [-0.39, 0.29) is 0 Å². The van der Waals surface area contributed by atoms with Gasteiger partial charge in [-0.2, -0.15) is 0 Å². The van der Waals surface area contributed by atoms with Crippen LogP contribution in [0.25, 0.3) is 0 Å². The molecule has 0 spiro atoms. The minimum Gasteiger partial charge on any atom is -0.478 e. The lowest BCUT2D eigenvalue weighted by molar-refractivity contribution is 0.294. The number of unbranched alkanes of at least 4 members (excludes halogenated alkanes) is 2. The van der Waals surface area contributed by atoms with Gasteiger partial charge < -0.3 is 10.1 Å². The van der Waals surface area contributed by atoms with Crippen LogP contribution in [0, 0.1) is 0 Å². The summed E-state index contributed by atoms with van der Waals surface area (Å²) >= 11 is 0. The van der Waals surface area contributed by atoms with Crippen LogP contribution in [0.5, 0.6) is 5.88 Å². The monoisotopic (exact) mass is 236 g/mol. The Kier molecular flexibility index (Phi) is 7.39. The maximum Gasteiger partial charge on any atom is 0.213 e. The molecule has 0 aliphatic rings. The normalized spacial score (nSPS) is 10.5. The van der Waals surface area contributed by atoms with Crippen molar-refractivity contribution < 1.29 is 4.74 Å². The lowest BCUT2D eigenvalue weighted by Crippen LogP contribution is -2.15. The van der Waals surface area contributed by atoms with Crippen molar-refractivity contribution in [3.63, 3.8) is 0 Å². The molecule has 0 radical (unpaired) electrons. The molecule has 3 heteroatoms. The number of nitrogens with one attached hydrogen (secondary N) is 1. The van der Waals surface area contributed by atoms with Crippen LogP contribution in [0.4, 0.5) is 0 Å². The van der Waals surface area contributed by atoms with Crippen molar-refractivity contribution in [2.75, 3.05) is 13.2 Å². The van der Waals surface area contributed by atoms with Crippen molar-refractivity contribution in [2.45, 2.75) is 46.1 Å². The molecule has 0 saturated carbocycles. The Hall–Kier alpha value is -1.09. The largest absolute Gasteiger partial charge is 0.478 e. The van der Waals surface area contributed by atoms with Crippen LogP contribution in [0.1, 0.15) is 45.2 Å². The highest BCUT2D eigenvalue weighted by Gasteiger charge is 1.98. The second-order valence-corrected chi connectivity index (χ2v) is 4.20. The highest BCUT2D eigenvalue weighted by Crippen LogP contribution is 2.08. The third-order valence-electron chi connectivity index (χ3n) is 2.51. The van der Waals surface area contributed by atoms with Gasteiger partial charge in [0.05, 0.1) is 12.3 Å². The number of nitrogens with zero attached hydrogens (tertiary/aromatic N) is 1. The number of rotatable bonds is 9. The van der Waals surface area contributed by atoms with Gasteiger partial charge in [-0.25, -0.2) is 4.98 Å². The highest BCUT2D eigenvalue weighted by atomic mass is 16.5. The first-order valence-electron chi connectivity index (χ1n) is 6.66. The molecule has 1 N–H and O–H groups in total. The van der Waals surface area contributed by atoms with Gasteiger partial charge >= 0.3 is 0 Å². The van der Waals surface area contributed by atoms with Gasteiger partial charge in [0, 0.05) is 12.6 Å². The summed E-state index contributed by atoms with van der Waals surface area (Å²) in [6, 6.07) is 5.96. The number of aromatic nitrogens is 1. The van der Waals surface area contributed by atoms with Crippen LogP contribution < -0.4 is 10.1 Å². The van der Waals surface area contributed by atoms with Crippen LogP contribution in [0.3, 0.4) is 0 Å². The molecule has 0 atom stereocenters. The van der Waals surface area contributed by atoms with Crippen molar-refractivity contribution in [2.24, 2.45) is 0 Å². The quantitative estimate of drug-likeness (QED) is 0.669. The molecular formula is C14H24N2O. The molecule has 0 bridgehead atoms. The zero-order valence-corrected chi connectivity index (χ0v) is 11.0. The van der Waals surface area contributed by atoms with E-state index in [0.717, 1.165) is 44.1 Å². The minimum absolute atomic E-state index is 0.747. The molecule has 1 rings (SSSR count). The Balaban J connectivity index is 2.31. The molecular weight excluding hydrogens is 212 g/mol. The van der Waals surface area contributed by atoms with E-state index in [4.69, 9.17) is 4.74 Å². The van der Waals surface area contributed by atoms with E-state index in [1.807, 2.05) is 18.2 Å². The second kappa shape index (κ2) is 8.99. The zero-order valence-electron chi connectivity index (χ0n) is 11.0. The highest BCUT2D eigenvalue weighted by molar-refractivity contribution is 5.15. The van der Waals surface area contributed by atoms with E-state index in [9.17, 15) is 0 Å². The van der Waals surface area contributed by atoms with Gasteiger partial charge in [-0.1, -0.05) is 32.8 Å². The van der Waals surface area contributed by atoms with E-state index < -0.39 is 0 Å². The molecule has 0 saturated heterocycles. The zero-order chi connectivity index (χ0) is 12.3. The fourth-order valence-corrected chi connectivity index (χ4v) is 1.56. The average Bonchev–Trinajstić information content (AvgIpc) is 2.36. The average molecular weight is 236 g/mol. The minimum atomic E-state index is 0.747. The predicted octanol–water partition coefficient (Wildman–Crippen LogP) is 3.15. The van der Waals surface area contributed by atoms with Gasteiger partial charge in [-0.15, -0.1) is 0 Å². The van der Waals surface area contributed by atoms with Crippen LogP contribution in [0.15, 0.2) is 18.2 Å². The first-order chi connectivity index (χ1) is 8.36. The molecule has 1 aromatic rings. The van der Waals surface area contributed by atoms with Crippen LogP contribution >= 0.6 is 0 Å². The molecule has 3 nitrogen and oxygen atoms in total. The standard InChI is InChI=1S/C14H24N2O/c1-3-5-6-11-17-14-9-7-8-13(16-14)12-15-10-4-2/h7-9,15H,3-6,10-12H2,1-2H3. The van der Waals surface area contributed by atoms with Crippen LogP contribution in [-0.2, 0) is 6.54 Å². The van der Waals surface area contributed by atoms with E-state index in [2.05, 4.69) is 24.1 Å². The Morgan fingerprint density at radius 3 is 2.82 bits per heavy atom. The molecule has 0 unspecified atom stereocenters. The van der Waals surface area contributed by atoms with Gasteiger partial charge in [-0.05, 0) is 25.5 Å². The maximum atomic E-state index is 5.62. The first-order valence-corrected chi connectivity index (χ1v) is 6.66. The lowest BCUT2D eigenvalue weighted by atomic mass is 10.3. The van der Waals surface area contributed by atoms with Crippen molar-refractivity contribution in [3.05, 3.63) is 23.9 Å². The number of ether oxygens (including phenoxy) is 1. The number of hydrogen-bond acceptors (Lipinski definition) is 3. The summed E-state index contributed by atoms with van der Waals surface area (Å²) in [5.41, 5.74) is 1.05. The fourth-order valence-electron chi connectivity index (χ4n) is 1.56. The van der Waals surface area contributed by atoms with Gasteiger partial charge in [0.15, 0.2) is 0 Å². The van der Waals surface area contributed by atoms with Gasteiger partial charge in [0.25, 0.3) is 0 Å². The number of hydrogen-bond donors (Lipinski definition) is 1. The molecule has 1 aromatic heterocycles. The summed E-state index contributed by atoms with van der Waals surface area (Å²) in [6.07, 6.45) is 4.69. The second-order valence-electron chi connectivity index (χ2n) is 4.20. The van der Waals surface area contributed by atoms with E-state index >= 15 is 0 Å². The van der Waals surface area contributed by atoms with E-state index in [1.165, 1.54) is 12.8 Å². The molecule has 0 fully saturated rings. The smallest absolute Gasteiger partial charge is 0.213 e. The summed E-state index contributed by atoms with van der Waals surface area (Å²) in [5, 5.41) is 3.34. The Morgan fingerprint density at radius 2 is 2.06 bits per heavy atom.